The second kappa shape index (κ2) is 3.21. The first-order valence-electron chi connectivity index (χ1n) is 3.54. The van der Waals surface area contributed by atoms with Crippen LogP contribution in [0.4, 0.5) is 5.69 Å². The smallest absolute Gasteiger partial charge is 0.257 e. The van der Waals surface area contributed by atoms with Crippen molar-refractivity contribution in [2.45, 2.75) is 0 Å². The summed E-state index contributed by atoms with van der Waals surface area (Å²) in [7, 11) is 3.35. The number of nitrogen functional groups attached to an aromatic ring is 1. The van der Waals surface area contributed by atoms with E-state index in [1.807, 2.05) is 0 Å². The number of amides is 1. The molecule has 0 spiro atoms. The molecule has 0 aliphatic carbocycles. The van der Waals surface area contributed by atoms with E-state index >= 15 is 0 Å². The van der Waals surface area contributed by atoms with E-state index in [-0.39, 0.29) is 5.91 Å². The topological polar surface area (TPSA) is 59.2 Å². The Labute approximate surface area is 71.0 Å². The standard InChI is InChI=1S/C8H11N3O/c1-11(2)8(12)6-5-10-4-3-7(6)9/h3-5H,1-2H3,(H2,9,10). The van der Waals surface area contributed by atoms with Crippen LogP contribution >= 0.6 is 0 Å². The third-order valence-electron chi connectivity index (χ3n) is 1.49. The Morgan fingerprint density at radius 1 is 1.58 bits per heavy atom. The Balaban J connectivity index is 3.03. The molecule has 0 atom stereocenters. The minimum absolute atomic E-state index is 0.124. The molecule has 0 fully saturated rings. The molecule has 4 nitrogen and oxygen atoms in total. The zero-order chi connectivity index (χ0) is 9.14. The Morgan fingerprint density at radius 3 is 2.75 bits per heavy atom. The van der Waals surface area contributed by atoms with Crippen molar-refractivity contribution in [3.63, 3.8) is 0 Å². The molecule has 12 heavy (non-hydrogen) atoms. The van der Waals surface area contributed by atoms with Crippen LogP contribution in [0.15, 0.2) is 18.5 Å². The quantitative estimate of drug-likeness (QED) is 0.653. The van der Waals surface area contributed by atoms with Crippen LogP contribution in [0.3, 0.4) is 0 Å². The number of rotatable bonds is 1. The lowest BCUT2D eigenvalue weighted by Crippen LogP contribution is -2.22. The molecular weight excluding hydrogens is 154 g/mol. The average molecular weight is 165 g/mol. The molecule has 0 aromatic carbocycles. The maximum Gasteiger partial charge on any atom is 0.257 e. The number of carbonyl (C=O) groups excluding carboxylic acids is 1. The van der Waals surface area contributed by atoms with Gasteiger partial charge in [0.15, 0.2) is 0 Å². The summed E-state index contributed by atoms with van der Waals surface area (Å²) in [6.07, 6.45) is 3.03. The number of carbonyl (C=O) groups is 1. The molecule has 1 aromatic rings. The molecule has 0 unspecified atom stereocenters. The fourth-order valence-corrected chi connectivity index (χ4v) is 0.825. The summed E-state index contributed by atoms with van der Waals surface area (Å²) in [6.45, 7) is 0. The number of nitrogens with zero attached hydrogens (tertiary/aromatic N) is 2. The van der Waals surface area contributed by atoms with Gasteiger partial charge in [-0.3, -0.25) is 9.78 Å². The summed E-state index contributed by atoms with van der Waals surface area (Å²) in [5.74, 6) is -0.124. The Hall–Kier alpha value is -1.58. The number of hydrogen-bond donors (Lipinski definition) is 1. The van der Waals surface area contributed by atoms with Crippen molar-refractivity contribution in [1.82, 2.24) is 9.88 Å². The van der Waals surface area contributed by atoms with Gasteiger partial charge in [0.1, 0.15) is 0 Å². The maximum absolute atomic E-state index is 11.4. The summed E-state index contributed by atoms with van der Waals surface area (Å²) < 4.78 is 0. The van der Waals surface area contributed by atoms with Gasteiger partial charge in [0, 0.05) is 32.2 Å². The Bertz CT molecular complexity index is 296. The Kier molecular flexibility index (Phi) is 2.28. The van der Waals surface area contributed by atoms with E-state index < -0.39 is 0 Å². The molecule has 1 amide bonds. The fourth-order valence-electron chi connectivity index (χ4n) is 0.825. The molecule has 1 heterocycles. The number of hydrogen-bond acceptors (Lipinski definition) is 3. The molecule has 0 saturated heterocycles. The predicted molar refractivity (Wildman–Crippen MR) is 46.7 cm³/mol. The summed E-state index contributed by atoms with van der Waals surface area (Å²) in [4.78, 5) is 16.7. The summed E-state index contributed by atoms with van der Waals surface area (Å²) >= 11 is 0. The second-order valence-corrected chi connectivity index (χ2v) is 2.66. The van der Waals surface area contributed by atoms with Gasteiger partial charge in [-0.15, -0.1) is 0 Å². The van der Waals surface area contributed by atoms with Crippen molar-refractivity contribution in [1.29, 1.82) is 0 Å². The fraction of sp³-hybridized carbons (Fsp3) is 0.250. The van der Waals surface area contributed by atoms with Crippen molar-refractivity contribution < 1.29 is 4.79 Å². The summed E-state index contributed by atoms with van der Waals surface area (Å²) in [5.41, 5.74) is 6.48. The predicted octanol–water partition coefficient (Wildman–Crippen LogP) is 0.366. The highest BCUT2D eigenvalue weighted by molar-refractivity contribution is 5.98. The van der Waals surface area contributed by atoms with Gasteiger partial charge in [-0.2, -0.15) is 0 Å². The minimum atomic E-state index is -0.124. The zero-order valence-electron chi connectivity index (χ0n) is 7.11. The molecule has 0 bridgehead atoms. The van der Waals surface area contributed by atoms with Crippen molar-refractivity contribution in [3.8, 4) is 0 Å². The lowest BCUT2D eigenvalue weighted by atomic mass is 10.2. The van der Waals surface area contributed by atoms with E-state index in [1.165, 1.54) is 11.1 Å². The van der Waals surface area contributed by atoms with Crippen molar-refractivity contribution in [2.24, 2.45) is 0 Å². The van der Waals surface area contributed by atoms with E-state index in [9.17, 15) is 4.79 Å². The van der Waals surface area contributed by atoms with E-state index in [1.54, 1.807) is 26.4 Å². The highest BCUT2D eigenvalue weighted by atomic mass is 16.2. The van der Waals surface area contributed by atoms with Gasteiger partial charge >= 0.3 is 0 Å². The summed E-state index contributed by atoms with van der Waals surface area (Å²) in [5, 5.41) is 0. The van der Waals surface area contributed by atoms with Crippen molar-refractivity contribution in [3.05, 3.63) is 24.0 Å². The number of pyridine rings is 1. The molecule has 4 heteroatoms. The molecule has 0 aliphatic rings. The third kappa shape index (κ3) is 1.53. The monoisotopic (exact) mass is 165 g/mol. The highest BCUT2D eigenvalue weighted by Gasteiger charge is 2.10. The van der Waals surface area contributed by atoms with Crippen LogP contribution in [0.5, 0.6) is 0 Å². The lowest BCUT2D eigenvalue weighted by Gasteiger charge is -2.10. The van der Waals surface area contributed by atoms with Crippen LogP contribution in [-0.2, 0) is 0 Å². The van der Waals surface area contributed by atoms with Crippen LogP contribution in [-0.4, -0.2) is 29.9 Å². The van der Waals surface area contributed by atoms with Gasteiger partial charge in [-0.05, 0) is 6.07 Å². The van der Waals surface area contributed by atoms with Crippen LogP contribution < -0.4 is 5.73 Å². The molecular formula is C8H11N3O. The SMILES string of the molecule is CN(C)C(=O)c1cnccc1N. The van der Waals surface area contributed by atoms with Gasteiger partial charge in [0.25, 0.3) is 5.91 Å². The van der Waals surface area contributed by atoms with E-state index in [0.29, 0.717) is 11.3 Å². The first-order valence-corrected chi connectivity index (χ1v) is 3.54. The second-order valence-electron chi connectivity index (χ2n) is 2.66. The van der Waals surface area contributed by atoms with Gasteiger partial charge in [-0.25, -0.2) is 0 Å². The third-order valence-corrected chi connectivity index (χ3v) is 1.49. The number of nitrogens with two attached hydrogens (primary N) is 1. The summed E-state index contributed by atoms with van der Waals surface area (Å²) in [6, 6.07) is 1.61. The van der Waals surface area contributed by atoms with Gasteiger partial charge < -0.3 is 10.6 Å². The molecule has 2 N–H and O–H groups in total. The van der Waals surface area contributed by atoms with Crippen LogP contribution in [0.25, 0.3) is 0 Å². The first-order chi connectivity index (χ1) is 5.63. The first kappa shape index (κ1) is 8.52. The van der Waals surface area contributed by atoms with Gasteiger partial charge in [0.05, 0.1) is 5.56 Å². The molecule has 0 aliphatic heterocycles. The van der Waals surface area contributed by atoms with Crippen molar-refractivity contribution >= 4 is 11.6 Å². The Morgan fingerprint density at radius 2 is 2.25 bits per heavy atom. The molecule has 1 aromatic heterocycles. The molecule has 64 valence electrons. The largest absolute Gasteiger partial charge is 0.398 e. The highest BCUT2D eigenvalue weighted by Crippen LogP contribution is 2.09. The van der Waals surface area contributed by atoms with Crippen LogP contribution in [0.2, 0.25) is 0 Å². The lowest BCUT2D eigenvalue weighted by molar-refractivity contribution is 0.0828. The van der Waals surface area contributed by atoms with Gasteiger partial charge in [-0.1, -0.05) is 0 Å². The van der Waals surface area contributed by atoms with Crippen molar-refractivity contribution in [2.75, 3.05) is 19.8 Å². The average Bonchev–Trinajstić information content (AvgIpc) is 2.04. The zero-order valence-corrected chi connectivity index (χ0v) is 7.11. The van der Waals surface area contributed by atoms with E-state index in [2.05, 4.69) is 4.98 Å². The molecule has 1 rings (SSSR count). The van der Waals surface area contributed by atoms with Crippen LogP contribution in [0, 0.1) is 0 Å². The normalized spacial score (nSPS) is 9.50. The number of anilines is 1. The van der Waals surface area contributed by atoms with E-state index in [4.69, 9.17) is 5.73 Å². The minimum Gasteiger partial charge on any atom is -0.398 e. The number of aromatic nitrogens is 1. The van der Waals surface area contributed by atoms with Crippen LogP contribution in [0.1, 0.15) is 10.4 Å². The van der Waals surface area contributed by atoms with E-state index in [0.717, 1.165) is 0 Å². The maximum atomic E-state index is 11.4. The molecule has 0 saturated carbocycles. The van der Waals surface area contributed by atoms with Gasteiger partial charge in [0.2, 0.25) is 0 Å². The molecule has 0 radical (unpaired) electrons.